The average Bonchev–Trinajstić information content (AvgIpc) is 2.90. The second-order valence-corrected chi connectivity index (χ2v) is 5.42. The Bertz CT molecular complexity index is 527. The van der Waals surface area contributed by atoms with Gasteiger partial charge in [-0.1, -0.05) is 45.0 Å². The van der Waals surface area contributed by atoms with Crippen molar-refractivity contribution in [2.45, 2.75) is 46.1 Å². The van der Waals surface area contributed by atoms with Crippen LogP contribution in [0.25, 0.3) is 0 Å². The molecular formula is C18H25NO. The summed E-state index contributed by atoms with van der Waals surface area (Å²) in [5.74, 6) is 2.56. The van der Waals surface area contributed by atoms with Crippen LogP contribution in [-0.2, 0) is 0 Å². The summed E-state index contributed by atoms with van der Waals surface area (Å²) in [5, 5.41) is 3.50. The zero-order valence-electron chi connectivity index (χ0n) is 12.9. The summed E-state index contributed by atoms with van der Waals surface area (Å²) in [6.07, 6.45) is 1.17. The van der Waals surface area contributed by atoms with E-state index >= 15 is 0 Å². The average molecular weight is 271 g/mol. The number of hydrogen-bond acceptors (Lipinski definition) is 2. The molecule has 2 aromatic rings. The SMILES string of the molecule is CCNC(c1ccc(C(C)CC)cc1)c1ccc(C)o1. The molecule has 0 saturated heterocycles. The predicted molar refractivity (Wildman–Crippen MR) is 84.1 cm³/mol. The highest BCUT2D eigenvalue weighted by atomic mass is 16.3. The predicted octanol–water partition coefficient (Wildman–Crippen LogP) is 4.80. The Hall–Kier alpha value is -1.54. The van der Waals surface area contributed by atoms with Gasteiger partial charge in [0.05, 0.1) is 6.04 Å². The Kier molecular flexibility index (Phi) is 5.02. The van der Waals surface area contributed by atoms with Gasteiger partial charge in [-0.15, -0.1) is 0 Å². The van der Waals surface area contributed by atoms with E-state index in [9.17, 15) is 0 Å². The largest absolute Gasteiger partial charge is 0.464 e. The van der Waals surface area contributed by atoms with E-state index in [0.29, 0.717) is 5.92 Å². The van der Waals surface area contributed by atoms with E-state index in [2.05, 4.69) is 56.4 Å². The normalized spacial score (nSPS) is 14.2. The number of furan rings is 1. The summed E-state index contributed by atoms with van der Waals surface area (Å²) in [7, 11) is 0. The van der Waals surface area contributed by atoms with Crippen LogP contribution in [-0.4, -0.2) is 6.54 Å². The monoisotopic (exact) mass is 271 g/mol. The number of rotatable bonds is 6. The topological polar surface area (TPSA) is 25.2 Å². The maximum atomic E-state index is 5.79. The van der Waals surface area contributed by atoms with Gasteiger partial charge in [0.25, 0.3) is 0 Å². The molecule has 0 spiro atoms. The lowest BCUT2D eigenvalue weighted by atomic mass is 9.95. The Morgan fingerprint density at radius 1 is 1.00 bits per heavy atom. The van der Waals surface area contributed by atoms with E-state index in [0.717, 1.165) is 18.1 Å². The standard InChI is InChI=1S/C18H25NO/c1-5-13(3)15-8-10-16(11-9-15)18(19-6-2)17-12-7-14(4)20-17/h7-13,18-19H,5-6H2,1-4H3. The van der Waals surface area contributed by atoms with Crippen molar-refractivity contribution in [1.29, 1.82) is 0 Å². The Morgan fingerprint density at radius 3 is 2.15 bits per heavy atom. The van der Waals surface area contributed by atoms with Crippen LogP contribution in [0.2, 0.25) is 0 Å². The van der Waals surface area contributed by atoms with Crippen LogP contribution in [0.3, 0.4) is 0 Å². The highest BCUT2D eigenvalue weighted by Crippen LogP contribution is 2.26. The lowest BCUT2D eigenvalue weighted by molar-refractivity contribution is 0.435. The molecule has 108 valence electrons. The molecule has 0 aliphatic heterocycles. The molecule has 1 heterocycles. The molecule has 20 heavy (non-hydrogen) atoms. The molecule has 0 aliphatic carbocycles. The van der Waals surface area contributed by atoms with Crippen molar-refractivity contribution in [3.05, 3.63) is 59.0 Å². The quantitative estimate of drug-likeness (QED) is 0.816. The van der Waals surface area contributed by atoms with Gasteiger partial charge in [0.2, 0.25) is 0 Å². The third kappa shape index (κ3) is 3.31. The summed E-state index contributed by atoms with van der Waals surface area (Å²) in [4.78, 5) is 0. The summed E-state index contributed by atoms with van der Waals surface area (Å²) in [6.45, 7) is 9.52. The van der Waals surface area contributed by atoms with Crippen molar-refractivity contribution in [2.24, 2.45) is 0 Å². The van der Waals surface area contributed by atoms with Gasteiger partial charge in [-0.3, -0.25) is 0 Å². The number of nitrogens with one attached hydrogen (secondary N) is 1. The smallest absolute Gasteiger partial charge is 0.125 e. The number of benzene rings is 1. The van der Waals surface area contributed by atoms with Crippen LogP contribution >= 0.6 is 0 Å². The number of hydrogen-bond donors (Lipinski definition) is 1. The fourth-order valence-corrected chi connectivity index (χ4v) is 2.45. The second-order valence-electron chi connectivity index (χ2n) is 5.42. The molecule has 1 aromatic carbocycles. The van der Waals surface area contributed by atoms with Crippen LogP contribution < -0.4 is 5.32 Å². The minimum Gasteiger partial charge on any atom is -0.464 e. The highest BCUT2D eigenvalue weighted by Gasteiger charge is 2.16. The van der Waals surface area contributed by atoms with Crippen molar-refractivity contribution in [3.63, 3.8) is 0 Å². The Morgan fingerprint density at radius 2 is 1.65 bits per heavy atom. The van der Waals surface area contributed by atoms with Gasteiger partial charge in [-0.2, -0.15) is 0 Å². The van der Waals surface area contributed by atoms with Crippen molar-refractivity contribution in [2.75, 3.05) is 6.54 Å². The molecule has 0 aliphatic rings. The summed E-state index contributed by atoms with van der Waals surface area (Å²) < 4.78 is 5.79. The Labute approximate surface area is 122 Å². The first-order valence-corrected chi connectivity index (χ1v) is 7.55. The van der Waals surface area contributed by atoms with E-state index in [1.807, 2.05) is 13.0 Å². The molecule has 0 fully saturated rings. The lowest BCUT2D eigenvalue weighted by Crippen LogP contribution is -2.21. The van der Waals surface area contributed by atoms with Crippen molar-refractivity contribution in [1.82, 2.24) is 5.32 Å². The third-order valence-electron chi connectivity index (χ3n) is 3.91. The van der Waals surface area contributed by atoms with Gasteiger partial charge in [0.1, 0.15) is 11.5 Å². The summed E-state index contributed by atoms with van der Waals surface area (Å²) in [6, 6.07) is 13.1. The summed E-state index contributed by atoms with van der Waals surface area (Å²) in [5.41, 5.74) is 2.66. The van der Waals surface area contributed by atoms with Gasteiger partial charge in [0, 0.05) is 0 Å². The molecular weight excluding hydrogens is 246 g/mol. The lowest BCUT2D eigenvalue weighted by Gasteiger charge is -2.17. The van der Waals surface area contributed by atoms with Crippen molar-refractivity contribution in [3.8, 4) is 0 Å². The first-order chi connectivity index (χ1) is 9.65. The first kappa shape index (κ1) is 14.9. The van der Waals surface area contributed by atoms with Crippen molar-refractivity contribution < 1.29 is 4.42 Å². The van der Waals surface area contributed by atoms with Crippen LogP contribution in [0.15, 0.2) is 40.8 Å². The van der Waals surface area contributed by atoms with Crippen LogP contribution in [0.5, 0.6) is 0 Å². The molecule has 2 rings (SSSR count). The van der Waals surface area contributed by atoms with Gasteiger partial charge in [-0.05, 0) is 49.1 Å². The van der Waals surface area contributed by atoms with Crippen LogP contribution in [0, 0.1) is 6.92 Å². The zero-order chi connectivity index (χ0) is 14.5. The van der Waals surface area contributed by atoms with E-state index in [4.69, 9.17) is 4.42 Å². The van der Waals surface area contributed by atoms with Crippen molar-refractivity contribution >= 4 is 0 Å². The van der Waals surface area contributed by atoms with Gasteiger partial charge >= 0.3 is 0 Å². The maximum Gasteiger partial charge on any atom is 0.125 e. The van der Waals surface area contributed by atoms with E-state index in [1.54, 1.807) is 0 Å². The minimum atomic E-state index is 0.139. The molecule has 0 saturated carbocycles. The Balaban J connectivity index is 2.25. The van der Waals surface area contributed by atoms with Gasteiger partial charge in [0.15, 0.2) is 0 Å². The fourth-order valence-electron chi connectivity index (χ4n) is 2.45. The second kappa shape index (κ2) is 6.76. The first-order valence-electron chi connectivity index (χ1n) is 7.55. The maximum absolute atomic E-state index is 5.79. The van der Waals surface area contributed by atoms with E-state index < -0.39 is 0 Å². The fraction of sp³-hybridized carbons (Fsp3) is 0.444. The molecule has 0 amide bonds. The zero-order valence-corrected chi connectivity index (χ0v) is 12.9. The van der Waals surface area contributed by atoms with Gasteiger partial charge < -0.3 is 9.73 Å². The third-order valence-corrected chi connectivity index (χ3v) is 3.91. The number of aryl methyl sites for hydroxylation is 1. The molecule has 1 aromatic heterocycles. The van der Waals surface area contributed by atoms with Gasteiger partial charge in [-0.25, -0.2) is 0 Å². The molecule has 1 N–H and O–H groups in total. The minimum absolute atomic E-state index is 0.139. The molecule has 2 nitrogen and oxygen atoms in total. The van der Waals surface area contributed by atoms with E-state index in [1.165, 1.54) is 17.5 Å². The van der Waals surface area contributed by atoms with E-state index in [-0.39, 0.29) is 6.04 Å². The summed E-state index contributed by atoms with van der Waals surface area (Å²) >= 11 is 0. The molecule has 2 atom stereocenters. The molecule has 0 radical (unpaired) electrons. The van der Waals surface area contributed by atoms with Crippen LogP contribution in [0.1, 0.15) is 61.8 Å². The molecule has 2 unspecified atom stereocenters. The molecule has 2 heteroatoms. The highest BCUT2D eigenvalue weighted by molar-refractivity contribution is 5.31. The van der Waals surface area contributed by atoms with Crippen LogP contribution in [0.4, 0.5) is 0 Å². The molecule has 0 bridgehead atoms.